The van der Waals surface area contributed by atoms with E-state index >= 15 is 0 Å². The topological polar surface area (TPSA) is 24.9 Å². The zero-order valence-electron chi connectivity index (χ0n) is 9.62. The lowest BCUT2D eigenvalue weighted by molar-refractivity contribution is 0.560. The maximum atomic E-state index is 4.79. The number of rotatable bonds is 4. The molecule has 15 heavy (non-hydrogen) atoms. The summed E-state index contributed by atoms with van der Waals surface area (Å²) in [6, 6.07) is 0.441. The van der Waals surface area contributed by atoms with Gasteiger partial charge in [0, 0.05) is 17.3 Å². The van der Waals surface area contributed by atoms with Crippen molar-refractivity contribution in [1.29, 1.82) is 0 Å². The highest BCUT2D eigenvalue weighted by Gasteiger charge is 2.21. The fourth-order valence-electron chi connectivity index (χ4n) is 2.38. The van der Waals surface area contributed by atoms with Crippen molar-refractivity contribution in [2.45, 2.75) is 51.0 Å². The Hall–Kier alpha value is -0.410. The van der Waals surface area contributed by atoms with Crippen LogP contribution in [0, 0.1) is 0 Å². The zero-order chi connectivity index (χ0) is 10.7. The predicted octanol–water partition coefficient (Wildman–Crippen LogP) is 3.47. The molecular weight excluding hydrogens is 204 g/mol. The average Bonchev–Trinajstić information content (AvgIpc) is 2.89. The lowest BCUT2D eigenvalue weighted by atomic mass is 10.1. The lowest BCUT2D eigenvalue weighted by Gasteiger charge is -2.10. The first kappa shape index (κ1) is 11.1. The van der Waals surface area contributed by atoms with E-state index in [2.05, 4.69) is 17.6 Å². The summed E-state index contributed by atoms with van der Waals surface area (Å²) in [4.78, 5) is 4.79. The second-order valence-corrected chi connectivity index (χ2v) is 5.23. The first-order valence-electron chi connectivity index (χ1n) is 5.97. The van der Waals surface area contributed by atoms with Gasteiger partial charge in [-0.3, -0.25) is 0 Å². The zero-order valence-corrected chi connectivity index (χ0v) is 10.4. The molecule has 0 spiro atoms. The van der Waals surface area contributed by atoms with Crippen LogP contribution in [0.4, 0.5) is 0 Å². The molecule has 1 aliphatic carbocycles. The van der Waals surface area contributed by atoms with Gasteiger partial charge in [0.15, 0.2) is 0 Å². The van der Waals surface area contributed by atoms with Gasteiger partial charge in [-0.1, -0.05) is 19.8 Å². The minimum atomic E-state index is 0.441. The Morgan fingerprint density at radius 3 is 2.87 bits per heavy atom. The van der Waals surface area contributed by atoms with Crippen molar-refractivity contribution < 1.29 is 0 Å². The van der Waals surface area contributed by atoms with E-state index in [0.717, 1.165) is 12.3 Å². The standard InChI is InChI=1S/C12H20N2S/c1-3-10(13-2)11-8-15-12(14-11)9-6-4-5-7-9/h8-10,13H,3-7H2,1-2H3. The van der Waals surface area contributed by atoms with Crippen molar-refractivity contribution in [3.63, 3.8) is 0 Å². The molecule has 3 heteroatoms. The van der Waals surface area contributed by atoms with E-state index in [1.165, 1.54) is 36.4 Å². The van der Waals surface area contributed by atoms with Crippen LogP contribution in [0.15, 0.2) is 5.38 Å². The third kappa shape index (κ3) is 2.40. The second-order valence-electron chi connectivity index (χ2n) is 4.34. The van der Waals surface area contributed by atoms with Crippen LogP contribution in [-0.4, -0.2) is 12.0 Å². The van der Waals surface area contributed by atoms with Crippen LogP contribution < -0.4 is 5.32 Å². The molecule has 1 atom stereocenters. The Kier molecular flexibility index (Phi) is 3.76. The highest BCUT2D eigenvalue weighted by Crippen LogP contribution is 2.36. The van der Waals surface area contributed by atoms with Crippen molar-refractivity contribution in [1.82, 2.24) is 10.3 Å². The molecule has 0 bridgehead atoms. The number of hydrogen-bond acceptors (Lipinski definition) is 3. The molecule has 1 fully saturated rings. The molecule has 1 saturated carbocycles. The molecular formula is C12H20N2S. The van der Waals surface area contributed by atoms with Gasteiger partial charge in [0.05, 0.1) is 10.7 Å². The van der Waals surface area contributed by atoms with E-state index in [1.54, 1.807) is 0 Å². The van der Waals surface area contributed by atoms with Gasteiger partial charge in [-0.05, 0) is 26.3 Å². The molecule has 0 aliphatic heterocycles. The Balaban J connectivity index is 2.08. The molecule has 0 aromatic carbocycles. The minimum absolute atomic E-state index is 0.441. The summed E-state index contributed by atoms with van der Waals surface area (Å²) in [5.74, 6) is 0.762. The third-order valence-corrected chi connectivity index (χ3v) is 4.38. The lowest BCUT2D eigenvalue weighted by Crippen LogP contribution is -2.15. The SMILES string of the molecule is CCC(NC)c1csc(C2CCCC2)n1. The van der Waals surface area contributed by atoms with Gasteiger partial charge in [0.25, 0.3) is 0 Å². The number of hydrogen-bond donors (Lipinski definition) is 1. The van der Waals surface area contributed by atoms with Crippen LogP contribution in [0.3, 0.4) is 0 Å². The van der Waals surface area contributed by atoms with E-state index in [1.807, 2.05) is 18.4 Å². The third-order valence-electron chi connectivity index (χ3n) is 3.36. The highest BCUT2D eigenvalue weighted by molar-refractivity contribution is 7.09. The molecule has 1 aromatic rings. The van der Waals surface area contributed by atoms with E-state index < -0.39 is 0 Å². The maximum absolute atomic E-state index is 4.79. The van der Waals surface area contributed by atoms with E-state index in [4.69, 9.17) is 4.98 Å². The normalized spacial score (nSPS) is 19.6. The van der Waals surface area contributed by atoms with Crippen LogP contribution in [0.25, 0.3) is 0 Å². The molecule has 0 amide bonds. The monoisotopic (exact) mass is 224 g/mol. The van der Waals surface area contributed by atoms with Gasteiger partial charge < -0.3 is 5.32 Å². The van der Waals surface area contributed by atoms with Gasteiger partial charge in [-0.25, -0.2) is 4.98 Å². The molecule has 1 N–H and O–H groups in total. The summed E-state index contributed by atoms with van der Waals surface area (Å²) in [7, 11) is 2.02. The summed E-state index contributed by atoms with van der Waals surface area (Å²) in [5, 5.41) is 6.92. The Morgan fingerprint density at radius 1 is 1.53 bits per heavy atom. The van der Waals surface area contributed by atoms with Crippen LogP contribution in [0.5, 0.6) is 0 Å². The van der Waals surface area contributed by atoms with Gasteiger partial charge in [0.2, 0.25) is 0 Å². The Labute approximate surface area is 96.1 Å². The Bertz CT molecular complexity index is 282. The van der Waals surface area contributed by atoms with E-state index in [-0.39, 0.29) is 0 Å². The smallest absolute Gasteiger partial charge is 0.0959 e. The number of nitrogens with zero attached hydrogens (tertiary/aromatic N) is 1. The fourth-order valence-corrected chi connectivity index (χ4v) is 3.43. The molecule has 0 saturated heterocycles. The summed E-state index contributed by atoms with van der Waals surface area (Å²) in [6.45, 7) is 2.20. The predicted molar refractivity (Wildman–Crippen MR) is 65.4 cm³/mol. The molecule has 1 unspecified atom stereocenters. The highest BCUT2D eigenvalue weighted by atomic mass is 32.1. The molecule has 2 rings (SSSR count). The van der Waals surface area contributed by atoms with Crippen LogP contribution >= 0.6 is 11.3 Å². The van der Waals surface area contributed by atoms with Crippen molar-refractivity contribution in [2.24, 2.45) is 0 Å². The quantitative estimate of drug-likeness (QED) is 0.847. The fraction of sp³-hybridized carbons (Fsp3) is 0.750. The molecule has 1 aliphatic rings. The van der Waals surface area contributed by atoms with Crippen LogP contribution in [0.2, 0.25) is 0 Å². The van der Waals surface area contributed by atoms with Crippen molar-refractivity contribution in [2.75, 3.05) is 7.05 Å². The summed E-state index contributed by atoms with van der Waals surface area (Å²) >= 11 is 1.85. The Morgan fingerprint density at radius 2 is 2.27 bits per heavy atom. The van der Waals surface area contributed by atoms with Crippen molar-refractivity contribution in [3.8, 4) is 0 Å². The molecule has 84 valence electrons. The molecule has 2 nitrogen and oxygen atoms in total. The maximum Gasteiger partial charge on any atom is 0.0959 e. The van der Waals surface area contributed by atoms with Crippen LogP contribution in [-0.2, 0) is 0 Å². The summed E-state index contributed by atoms with van der Waals surface area (Å²) < 4.78 is 0. The van der Waals surface area contributed by atoms with Gasteiger partial charge in [-0.2, -0.15) is 0 Å². The van der Waals surface area contributed by atoms with Gasteiger partial charge in [0.1, 0.15) is 0 Å². The number of thiazole rings is 1. The first-order chi connectivity index (χ1) is 7.35. The molecule has 1 aromatic heterocycles. The number of aromatic nitrogens is 1. The molecule has 1 heterocycles. The average molecular weight is 224 g/mol. The number of nitrogens with one attached hydrogen (secondary N) is 1. The van der Waals surface area contributed by atoms with Crippen molar-refractivity contribution >= 4 is 11.3 Å². The molecule has 0 radical (unpaired) electrons. The minimum Gasteiger partial charge on any atom is -0.312 e. The van der Waals surface area contributed by atoms with E-state index in [9.17, 15) is 0 Å². The first-order valence-corrected chi connectivity index (χ1v) is 6.85. The van der Waals surface area contributed by atoms with Crippen LogP contribution in [0.1, 0.15) is 61.7 Å². The van der Waals surface area contributed by atoms with E-state index in [0.29, 0.717) is 6.04 Å². The second kappa shape index (κ2) is 5.08. The van der Waals surface area contributed by atoms with Crippen molar-refractivity contribution in [3.05, 3.63) is 16.1 Å². The van der Waals surface area contributed by atoms with Gasteiger partial charge in [-0.15, -0.1) is 11.3 Å². The summed E-state index contributed by atoms with van der Waals surface area (Å²) in [6.07, 6.45) is 6.60. The largest absolute Gasteiger partial charge is 0.312 e. The summed E-state index contributed by atoms with van der Waals surface area (Å²) in [5.41, 5.74) is 1.24. The van der Waals surface area contributed by atoms with Gasteiger partial charge >= 0.3 is 0 Å².